The van der Waals surface area contributed by atoms with Gasteiger partial charge in [0.15, 0.2) is 5.96 Å². The summed E-state index contributed by atoms with van der Waals surface area (Å²) in [6.07, 6.45) is 2.92. The molecule has 0 aromatic heterocycles. The van der Waals surface area contributed by atoms with Crippen LogP contribution in [0.4, 0.5) is 0 Å². The number of aliphatic imine (C=N–C) groups is 1. The minimum Gasteiger partial charge on any atom is -0.497 e. The van der Waals surface area contributed by atoms with E-state index < -0.39 is 0 Å². The molecule has 0 saturated heterocycles. The Morgan fingerprint density at radius 2 is 1.86 bits per heavy atom. The second-order valence-corrected chi connectivity index (χ2v) is 6.51. The second kappa shape index (κ2) is 14.4. The minimum absolute atomic E-state index is 0. The normalized spacial score (nSPS) is 13.4. The summed E-state index contributed by atoms with van der Waals surface area (Å²) in [5.41, 5.74) is 1.13. The summed E-state index contributed by atoms with van der Waals surface area (Å²) in [5.74, 6) is 2.05. The first-order valence-corrected chi connectivity index (χ1v) is 9.73. The number of nitrogens with one attached hydrogen (secondary N) is 3. The number of nitrogens with zero attached hydrogens (tertiary/aromatic N) is 1. The summed E-state index contributed by atoms with van der Waals surface area (Å²) in [7, 11) is 1.66. The fourth-order valence-electron chi connectivity index (χ4n) is 2.47. The lowest BCUT2D eigenvalue weighted by atomic mass is 10.2. The number of carbonyl (C=O) groups excluding carboxylic acids is 1. The third-order valence-corrected chi connectivity index (χ3v) is 4.15. The first-order chi connectivity index (χ1) is 13.2. The number of rotatable bonds is 12. The van der Waals surface area contributed by atoms with Crippen molar-refractivity contribution < 1.29 is 14.3 Å². The van der Waals surface area contributed by atoms with Gasteiger partial charge in [-0.05, 0) is 43.9 Å². The number of guanidine groups is 1. The maximum absolute atomic E-state index is 11.6. The van der Waals surface area contributed by atoms with Gasteiger partial charge in [0.1, 0.15) is 5.75 Å². The smallest absolute Gasteiger partial charge is 0.223 e. The highest BCUT2D eigenvalue weighted by atomic mass is 127. The van der Waals surface area contributed by atoms with Crippen LogP contribution in [0.3, 0.4) is 0 Å². The summed E-state index contributed by atoms with van der Waals surface area (Å²) in [4.78, 5) is 16.1. The van der Waals surface area contributed by atoms with Crippen molar-refractivity contribution in [2.75, 3.05) is 39.9 Å². The SMILES string of the molecule is CCNC(=NCCCOCc1ccc(OC)cc1)NCCNC(=O)C1CC1.I. The minimum atomic E-state index is 0. The van der Waals surface area contributed by atoms with E-state index in [1.165, 1.54) is 0 Å². The van der Waals surface area contributed by atoms with Gasteiger partial charge in [0.05, 0.1) is 13.7 Å². The van der Waals surface area contributed by atoms with Crippen LogP contribution in [-0.2, 0) is 16.1 Å². The number of benzene rings is 1. The van der Waals surface area contributed by atoms with Crippen molar-refractivity contribution in [3.8, 4) is 5.75 Å². The average Bonchev–Trinajstić information content (AvgIpc) is 3.53. The molecule has 3 N–H and O–H groups in total. The molecule has 0 unspecified atom stereocenters. The Labute approximate surface area is 185 Å². The zero-order valence-electron chi connectivity index (χ0n) is 16.8. The molecule has 0 radical (unpaired) electrons. The molecule has 1 aromatic carbocycles. The van der Waals surface area contributed by atoms with E-state index in [0.717, 1.165) is 43.1 Å². The third kappa shape index (κ3) is 10.1. The molecule has 0 bridgehead atoms. The van der Waals surface area contributed by atoms with Crippen LogP contribution in [0.2, 0.25) is 0 Å². The van der Waals surface area contributed by atoms with E-state index in [9.17, 15) is 4.79 Å². The molecule has 0 spiro atoms. The Balaban J connectivity index is 0.00000392. The third-order valence-electron chi connectivity index (χ3n) is 4.15. The Hall–Kier alpha value is -1.55. The Bertz CT molecular complexity index is 592. The number of amides is 1. The number of hydrogen-bond acceptors (Lipinski definition) is 4. The highest BCUT2D eigenvalue weighted by Gasteiger charge is 2.28. The fraction of sp³-hybridized carbons (Fsp3) is 0.600. The predicted octanol–water partition coefficient (Wildman–Crippen LogP) is 2.30. The number of ether oxygens (including phenoxy) is 2. The van der Waals surface area contributed by atoms with Crippen molar-refractivity contribution in [1.29, 1.82) is 0 Å². The lowest BCUT2D eigenvalue weighted by molar-refractivity contribution is -0.122. The molecule has 158 valence electrons. The van der Waals surface area contributed by atoms with E-state index in [4.69, 9.17) is 9.47 Å². The van der Waals surface area contributed by atoms with E-state index in [1.807, 2.05) is 31.2 Å². The fourth-order valence-corrected chi connectivity index (χ4v) is 2.47. The highest BCUT2D eigenvalue weighted by Crippen LogP contribution is 2.28. The van der Waals surface area contributed by atoms with Crippen LogP contribution in [0, 0.1) is 5.92 Å². The van der Waals surface area contributed by atoms with Gasteiger partial charge in [-0.15, -0.1) is 24.0 Å². The predicted molar refractivity (Wildman–Crippen MR) is 122 cm³/mol. The number of carbonyl (C=O) groups is 1. The molecule has 1 aliphatic carbocycles. The van der Waals surface area contributed by atoms with Gasteiger partial charge in [0, 0.05) is 38.7 Å². The maximum Gasteiger partial charge on any atom is 0.223 e. The Kier molecular flexibility index (Phi) is 12.6. The van der Waals surface area contributed by atoms with Gasteiger partial charge < -0.3 is 25.4 Å². The molecule has 28 heavy (non-hydrogen) atoms. The average molecular weight is 504 g/mol. The highest BCUT2D eigenvalue weighted by molar-refractivity contribution is 14.0. The van der Waals surface area contributed by atoms with Crippen molar-refractivity contribution in [2.24, 2.45) is 10.9 Å². The van der Waals surface area contributed by atoms with Crippen molar-refractivity contribution in [2.45, 2.75) is 32.8 Å². The standard InChI is InChI=1S/C20H32N4O3.HI/c1-3-21-20(24-13-12-22-19(25)17-7-8-17)23-11-4-14-27-15-16-5-9-18(26-2)10-6-16;/h5-6,9-10,17H,3-4,7-8,11-15H2,1-2H3,(H,22,25)(H2,21,23,24);1H. The molecule has 0 heterocycles. The monoisotopic (exact) mass is 504 g/mol. The van der Waals surface area contributed by atoms with Gasteiger partial charge in [0.2, 0.25) is 5.91 Å². The maximum atomic E-state index is 11.6. The zero-order chi connectivity index (χ0) is 19.3. The molecule has 1 saturated carbocycles. The van der Waals surface area contributed by atoms with Crippen LogP contribution in [-0.4, -0.2) is 51.8 Å². The van der Waals surface area contributed by atoms with Gasteiger partial charge in [-0.25, -0.2) is 0 Å². The van der Waals surface area contributed by atoms with Gasteiger partial charge in [-0.3, -0.25) is 9.79 Å². The number of halogens is 1. The molecule has 0 aliphatic heterocycles. The zero-order valence-corrected chi connectivity index (χ0v) is 19.2. The van der Waals surface area contributed by atoms with Crippen LogP contribution in [0.5, 0.6) is 5.75 Å². The van der Waals surface area contributed by atoms with E-state index in [1.54, 1.807) is 7.11 Å². The Morgan fingerprint density at radius 3 is 2.50 bits per heavy atom. The van der Waals surface area contributed by atoms with Crippen molar-refractivity contribution in [3.63, 3.8) is 0 Å². The van der Waals surface area contributed by atoms with Crippen LogP contribution >= 0.6 is 24.0 Å². The first kappa shape index (κ1) is 24.5. The van der Waals surface area contributed by atoms with Gasteiger partial charge in [0.25, 0.3) is 0 Å². The lowest BCUT2D eigenvalue weighted by Gasteiger charge is -2.12. The van der Waals surface area contributed by atoms with Crippen LogP contribution in [0.15, 0.2) is 29.3 Å². The van der Waals surface area contributed by atoms with Gasteiger partial charge >= 0.3 is 0 Å². The molecule has 1 aliphatic rings. The molecule has 1 fully saturated rings. The summed E-state index contributed by atoms with van der Waals surface area (Å²) in [6, 6.07) is 7.88. The van der Waals surface area contributed by atoms with E-state index >= 15 is 0 Å². The quantitative estimate of drug-likeness (QED) is 0.176. The summed E-state index contributed by atoms with van der Waals surface area (Å²) in [5, 5.41) is 9.38. The summed E-state index contributed by atoms with van der Waals surface area (Å²) >= 11 is 0. The molecule has 1 aromatic rings. The van der Waals surface area contributed by atoms with Crippen molar-refractivity contribution in [3.05, 3.63) is 29.8 Å². The van der Waals surface area contributed by atoms with Gasteiger partial charge in [-0.1, -0.05) is 12.1 Å². The topological polar surface area (TPSA) is 84.0 Å². The molecule has 2 rings (SSSR count). The molecule has 1 amide bonds. The summed E-state index contributed by atoms with van der Waals surface area (Å²) in [6.45, 7) is 6.05. The van der Waals surface area contributed by atoms with Crippen molar-refractivity contribution in [1.82, 2.24) is 16.0 Å². The van der Waals surface area contributed by atoms with Crippen LogP contribution in [0.1, 0.15) is 31.7 Å². The van der Waals surface area contributed by atoms with E-state index in [2.05, 4.69) is 20.9 Å². The first-order valence-electron chi connectivity index (χ1n) is 9.73. The van der Waals surface area contributed by atoms with Crippen LogP contribution < -0.4 is 20.7 Å². The van der Waals surface area contributed by atoms with Crippen LogP contribution in [0.25, 0.3) is 0 Å². The second-order valence-electron chi connectivity index (χ2n) is 6.51. The van der Waals surface area contributed by atoms with E-state index in [0.29, 0.717) is 32.8 Å². The molecule has 8 heteroatoms. The van der Waals surface area contributed by atoms with Crippen molar-refractivity contribution >= 4 is 35.8 Å². The molecule has 0 atom stereocenters. The van der Waals surface area contributed by atoms with E-state index in [-0.39, 0.29) is 35.8 Å². The summed E-state index contributed by atoms with van der Waals surface area (Å²) < 4.78 is 10.8. The number of methoxy groups -OCH3 is 1. The molecular formula is C20H33IN4O3. The lowest BCUT2D eigenvalue weighted by Crippen LogP contribution is -2.41. The molecule has 7 nitrogen and oxygen atoms in total. The number of hydrogen-bond donors (Lipinski definition) is 3. The Morgan fingerprint density at radius 1 is 1.14 bits per heavy atom. The van der Waals surface area contributed by atoms with Gasteiger partial charge in [-0.2, -0.15) is 0 Å². The molecular weight excluding hydrogens is 471 g/mol. The largest absolute Gasteiger partial charge is 0.497 e.